The number of piperidine rings is 1. The van der Waals surface area contributed by atoms with E-state index in [1.54, 1.807) is 6.07 Å². The van der Waals surface area contributed by atoms with Gasteiger partial charge in [-0.2, -0.15) is 0 Å². The van der Waals surface area contributed by atoms with Crippen LogP contribution in [0.4, 0.5) is 0 Å². The standard InChI is InChI=1S/C17H23Cl2N3O4S/c1-2-9-27(25,26)22-7-5-13(6-8-22)21-16(23)11-20-17(24)14-4-3-12(18)10-15(14)19/h3-4,10,13H,2,5-9,11H2,1H3,(H,20,24)(H,21,23). The fourth-order valence-corrected chi connectivity index (χ4v) is 4.91. The second-order valence-electron chi connectivity index (χ2n) is 6.36. The van der Waals surface area contributed by atoms with Crippen LogP contribution in [0.15, 0.2) is 18.2 Å². The molecular weight excluding hydrogens is 413 g/mol. The monoisotopic (exact) mass is 435 g/mol. The van der Waals surface area contributed by atoms with E-state index in [0.29, 0.717) is 37.4 Å². The van der Waals surface area contributed by atoms with Crippen LogP contribution in [0.2, 0.25) is 10.0 Å². The van der Waals surface area contributed by atoms with E-state index in [9.17, 15) is 18.0 Å². The molecule has 2 rings (SSSR count). The number of carbonyl (C=O) groups excluding carboxylic acids is 2. The number of halogens is 2. The van der Waals surface area contributed by atoms with Crippen molar-refractivity contribution in [3.63, 3.8) is 0 Å². The van der Waals surface area contributed by atoms with Gasteiger partial charge in [0.1, 0.15) is 0 Å². The highest BCUT2D eigenvalue weighted by Crippen LogP contribution is 2.20. The lowest BCUT2D eigenvalue weighted by atomic mass is 10.1. The molecule has 0 saturated carbocycles. The van der Waals surface area contributed by atoms with Crippen molar-refractivity contribution < 1.29 is 18.0 Å². The predicted octanol–water partition coefficient (Wildman–Crippen LogP) is 2.04. The summed E-state index contributed by atoms with van der Waals surface area (Å²) in [6, 6.07) is 4.38. The summed E-state index contributed by atoms with van der Waals surface area (Å²) < 4.78 is 25.6. The fourth-order valence-electron chi connectivity index (χ4n) is 2.87. The van der Waals surface area contributed by atoms with Crippen LogP contribution in [-0.2, 0) is 14.8 Å². The maximum atomic E-state index is 12.1. The van der Waals surface area contributed by atoms with Crippen LogP contribution in [0.3, 0.4) is 0 Å². The quantitative estimate of drug-likeness (QED) is 0.684. The number of hydrogen-bond donors (Lipinski definition) is 2. The summed E-state index contributed by atoms with van der Waals surface area (Å²) in [5.41, 5.74) is 0.239. The summed E-state index contributed by atoms with van der Waals surface area (Å²) in [6.45, 7) is 2.42. The largest absolute Gasteiger partial charge is 0.352 e. The van der Waals surface area contributed by atoms with E-state index in [1.165, 1.54) is 16.4 Å². The van der Waals surface area contributed by atoms with E-state index >= 15 is 0 Å². The number of carbonyl (C=O) groups is 2. The van der Waals surface area contributed by atoms with Crippen molar-refractivity contribution in [1.82, 2.24) is 14.9 Å². The average molecular weight is 436 g/mol. The van der Waals surface area contributed by atoms with Gasteiger partial charge in [-0.25, -0.2) is 12.7 Å². The van der Waals surface area contributed by atoms with Crippen molar-refractivity contribution in [2.75, 3.05) is 25.4 Å². The molecule has 0 spiro atoms. The number of nitrogens with zero attached hydrogens (tertiary/aromatic N) is 1. The first kappa shape index (κ1) is 21.9. The van der Waals surface area contributed by atoms with Crippen LogP contribution in [0.25, 0.3) is 0 Å². The molecule has 0 bridgehead atoms. The zero-order chi connectivity index (χ0) is 20.0. The molecule has 0 radical (unpaired) electrons. The van der Waals surface area contributed by atoms with Gasteiger partial charge >= 0.3 is 0 Å². The Balaban J connectivity index is 1.77. The molecule has 1 saturated heterocycles. The van der Waals surface area contributed by atoms with E-state index < -0.39 is 15.9 Å². The Kier molecular flexibility index (Phi) is 7.91. The molecule has 1 aromatic rings. The van der Waals surface area contributed by atoms with Crippen LogP contribution in [0, 0.1) is 0 Å². The van der Waals surface area contributed by atoms with Gasteiger partial charge in [0.2, 0.25) is 15.9 Å². The molecule has 1 aromatic carbocycles. The smallest absolute Gasteiger partial charge is 0.253 e. The third-order valence-electron chi connectivity index (χ3n) is 4.26. The van der Waals surface area contributed by atoms with E-state index in [1.807, 2.05) is 6.92 Å². The first-order valence-corrected chi connectivity index (χ1v) is 11.1. The molecule has 1 aliphatic rings. The van der Waals surface area contributed by atoms with Crippen molar-refractivity contribution >= 4 is 45.0 Å². The van der Waals surface area contributed by atoms with E-state index in [0.717, 1.165) is 0 Å². The third kappa shape index (κ3) is 6.34. The number of rotatable bonds is 7. The zero-order valence-electron chi connectivity index (χ0n) is 15.0. The minimum Gasteiger partial charge on any atom is -0.352 e. The van der Waals surface area contributed by atoms with Gasteiger partial charge in [-0.15, -0.1) is 0 Å². The number of hydrogen-bond acceptors (Lipinski definition) is 4. The average Bonchev–Trinajstić information content (AvgIpc) is 2.60. The SMILES string of the molecule is CCCS(=O)(=O)N1CCC(NC(=O)CNC(=O)c2ccc(Cl)cc2Cl)CC1. The molecule has 150 valence electrons. The van der Waals surface area contributed by atoms with Crippen molar-refractivity contribution in [3.8, 4) is 0 Å². The second kappa shape index (κ2) is 9.73. The van der Waals surface area contributed by atoms with Gasteiger partial charge < -0.3 is 10.6 Å². The van der Waals surface area contributed by atoms with Crippen molar-refractivity contribution in [2.45, 2.75) is 32.2 Å². The molecule has 10 heteroatoms. The molecular formula is C17H23Cl2N3O4S. The lowest BCUT2D eigenvalue weighted by Crippen LogP contribution is -2.49. The number of sulfonamides is 1. The lowest BCUT2D eigenvalue weighted by molar-refractivity contribution is -0.121. The highest BCUT2D eigenvalue weighted by atomic mass is 35.5. The molecule has 1 heterocycles. The van der Waals surface area contributed by atoms with Crippen molar-refractivity contribution in [1.29, 1.82) is 0 Å². The maximum Gasteiger partial charge on any atom is 0.253 e. The molecule has 0 unspecified atom stereocenters. The Bertz CT molecular complexity index is 793. The van der Waals surface area contributed by atoms with Gasteiger partial charge in [0.15, 0.2) is 0 Å². The van der Waals surface area contributed by atoms with Crippen LogP contribution in [-0.4, -0.2) is 56.0 Å². The zero-order valence-corrected chi connectivity index (χ0v) is 17.3. The van der Waals surface area contributed by atoms with Gasteiger partial charge in [-0.1, -0.05) is 30.1 Å². The van der Waals surface area contributed by atoms with E-state index in [2.05, 4.69) is 10.6 Å². The van der Waals surface area contributed by atoms with Gasteiger partial charge in [-0.3, -0.25) is 9.59 Å². The van der Waals surface area contributed by atoms with Crippen LogP contribution < -0.4 is 10.6 Å². The summed E-state index contributed by atoms with van der Waals surface area (Å²) in [5.74, 6) is -0.654. The fraction of sp³-hybridized carbons (Fsp3) is 0.529. The molecule has 0 aliphatic carbocycles. The molecule has 7 nitrogen and oxygen atoms in total. The van der Waals surface area contributed by atoms with Gasteiger partial charge in [-0.05, 0) is 37.5 Å². The Morgan fingerprint density at radius 1 is 1.22 bits per heavy atom. The Labute approximate surface area is 169 Å². The third-order valence-corrected chi connectivity index (χ3v) is 6.88. The Morgan fingerprint density at radius 2 is 1.89 bits per heavy atom. The van der Waals surface area contributed by atoms with Crippen LogP contribution >= 0.6 is 23.2 Å². The number of benzene rings is 1. The summed E-state index contributed by atoms with van der Waals surface area (Å²) >= 11 is 11.8. The van der Waals surface area contributed by atoms with Crippen LogP contribution in [0.1, 0.15) is 36.5 Å². The Morgan fingerprint density at radius 3 is 2.48 bits per heavy atom. The summed E-state index contributed by atoms with van der Waals surface area (Å²) in [5, 5.41) is 5.97. The van der Waals surface area contributed by atoms with Crippen molar-refractivity contribution in [3.05, 3.63) is 33.8 Å². The second-order valence-corrected chi connectivity index (χ2v) is 9.30. The molecule has 2 N–H and O–H groups in total. The van der Waals surface area contributed by atoms with Gasteiger partial charge in [0, 0.05) is 24.2 Å². The summed E-state index contributed by atoms with van der Waals surface area (Å²) in [4.78, 5) is 24.2. The molecule has 2 amide bonds. The molecule has 0 aromatic heterocycles. The minimum absolute atomic E-state index is 0.110. The number of amides is 2. The molecule has 1 aliphatic heterocycles. The topological polar surface area (TPSA) is 95.6 Å². The van der Waals surface area contributed by atoms with E-state index in [-0.39, 0.29) is 34.8 Å². The molecule has 27 heavy (non-hydrogen) atoms. The van der Waals surface area contributed by atoms with E-state index in [4.69, 9.17) is 23.2 Å². The first-order valence-electron chi connectivity index (χ1n) is 8.73. The number of nitrogens with one attached hydrogen (secondary N) is 2. The van der Waals surface area contributed by atoms with Gasteiger partial charge in [0.05, 0.1) is 22.9 Å². The summed E-state index contributed by atoms with van der Waals surface area (Å²) in [6.07, 6.45) is 1.67. The normalized spacial score (nSPS) is 16.1. The lowest BCUT2D eigenvalue weighted by Gasteiger charge is -2.31. The molecule has 0 atom stereocenters. The summed E-state index contributed by atoms with van der Waals surface area (Å²) in [7, 11) is -3.20. The molecule has 1 fully saturated rings. The first-order chi connectivity index (χ1) is 12.7. The van der Waals surface area contributed by atoms with Gasteiger partial charge in [0.25, 0.3) is 5.91 Å². The van der Waals surface area contributed by atoms with Crippen LogP contribution in [0.5, 0.6) is 0 Å². The Hall–Kier alpha value is -1.35. The highest BCUT2D eigenvalue weighted by Gasteiger charge is 2.28. The minimum atomic E-state index is -3.20. The van der Waals surface area contributed by atoms with Crippen molar-refractivity contribution in [2.24, 2.45) is 0 Å². The maximum absolute atomic E-state index is 12.1. The predicted molar refractivity (Wildman–Crippen MR) is 106 cm³/mol. The highest BCUT2D eigenvalue weighted by molar-refractivity contribution is 7.89.